The average Bonchev–Trinajstić information content (AvgIpc) is 2.78. The van der Waals surface area contributed by atoms with E-state index in [0.717, 1.165) is 30.6 Å². The number of aromatic nitrogens is 2. The van der Waals surface area contributed by atoms with E-state index in [-0.39, 0.29) is 11.5 Å². The highest BCUT2D eigenvalue weighted by atomic mass is 19.1. The Bertz CT molecular complexity index is 661. The van der Waals surface area contributed by atoms with Gasteiger partial charge in [-0.3, -0.25) is 0 Å². The SMILES string of the molecule is CC1CCc2c(C(=O)O)nc(-c3ccc(F)cc3)n2C1. The lowest BCUT2D eigenvalue weighted by molar-refractivity contribution is 0.0689. The van der Waals surface area contributed by atoms with Gasteiger partial charge in [0.25, 0.3) is 0 Å². The number of carboxylic acids is 1. The molecule has 0 aliphatic carbocycles. The summed E-state index contributed by atoms with van der Waals surface area (Å²) in [5, 5.41) is 9.28. The molecule has 1 atom stereocenters. The molecule has 0 saturated carbocycles. The van der Waals surface area contributed by atoms with Crippen molar-refractivity contribution in [3.8, 4) is 11.4 Å². The van der Waals surface area contributed by atoms with Crippen molar-refractivity contribution in [3.63, 3.8) is 0 Å². The predicted octanol–water partition coefficient (Wildman–Crippen LogP) is 2.97. The molecule has 0 fully saturated rings. The van der Waals surface area contributed by atoms with Crippen LogP contribution >= 0.6 is 0 Å². The summed E-state index contributed by atoms with van der Waals surface area (Å²) in [5.41, 5.74) is 1.64. The highest BCUT2D eigenvalue weighted by Crippen LogP contribution is 2.29. The molecule has 2 aromatic rings. The number of halogens is 1. The first-order valence-corrected chi connectivity index (χ1v) is 6.65. The summed E-state index contributed by atoms with van der Waals surface area (Å²) in [7, 11) is 0. The topological polar surface area (TPSA) is 55.1 Å². The number of benzene rings is 1. The predicted molar refractivity (Wildman–Crippen MR) is 72.1 cm³/mol. The van der Waals surface area contributed by atoms with Crippen molar-refractivity contribution in [3.05, 3.63) is 41.5 Å². The summed E-state index contributed by atoms with van der Waals surface area (Å²) >= 11 is 0. The first-order chi connectivity index (χ1) is 9.56. The summed E-state index contributed by atoms with van der Waals surface area (Å²) in [5.74, 6) is -0.218. The molecular weight excluding hydrogens is 259 g/mol. The van der Waals surface area contributed by atoms with E-state index in [0.29, 0.717) is 11.7 Å². The smallest absolute Gasteiger partial charge is 0.356 e. The van der Waals surface area contributed by atoms with Crippen LogP contribution in [0.3, 0.4) is 0 Å². The third kappa shape index (κ3) is 2.09. The van der Waals surface area contributed by atoms with Gasteiger partial charge in [0.15, 0.2) is 5.69 Å². The molecule has 104 valence electrons. The minimum absolute atomic E-state index is 0.122. The number of nitrogens with zero attached hydrogens (tertiary/aromatic N) is 2. The number of rotatable bonds is 2. The van der Waals surface area contributed by atoms with Crippen molar-refractivity contribution in [2.75, 3.05) is 0 Å². The van der Waals surface area contributed by atoms with Gasteiger partial charge in [-0.1, -0.05) is 6.92 Å². The first kappa shape index (κ1) is 12.8. The lowest BCUT2D eigenvalue weighted by atomic mass is 9.99. The molecule has 3 rings (SSSR count). The van der Waals surface area contributed by atoms with Gasteiger partial charge in [0.05, 0.1) is 5.69 Å². The Morgan fingerprint density at radius 1 is 1.40 bits per heavy atom. The van der Waals surface area contributed by atoms with E-state index in [1.165, 1.54) is 12.1 Å². The second-order valence-corrected chi connectivity index (χ2v) is 5.30. The average molecular weight is 274 g/mol. The Morgan fingerprint density at radius 2 is 2.10 bits per heavy atom. The van der Waals surface area contributed by atoms with Crippen LogP contribution in [0.5, 0.6) is 0 Å². The molecule has 5 heteroatoms. The van der Waals surface area contributed by atoms with Gasteiger partial charge in [-0.05, 0) is 43.0 Å². The zero-order valence-electron chi connectivity index (χ0n) is 11.1. The zero-order chi connectivity index (χ0) is 14.3. The molecule has 20 heavy (non-hydrogen) atoms. The van der Waals surface area contributed by atoms with Crippen LogP contribution in [0, 0.1) is 11.7 Å². The van der Waals surface area contributed by atoms with Gasteiger partial charge in [-0.15, -0.1) is 0 Å². The number of imidazole rings is 1. The summed E-state index contributed by atoms with van der Waals surface area (Å²) < 4.78 is 15.0. The summed E-state index contributed by atoms with van der Waals surface area (Å²) in [4.78, 5) is 15.6. The standard InChI is InChI=1S/C15H15FN2O2/c1-9-2-7-12-13(15(19)20)17-14(18(12)8-9)10-3-5-11(16)6-4-10/h3-6,9H,2,7-8H2,1H3,(H,19,20). The molecule has 1 aromatic heterocycles. The Balaban J connectivity index is 2.15. The molecule has 1 N–H and O–H groups in total. The zero-order valence-corrected chi connectivity index (χ0v) is 11.1. The number of hydrogen-bond acceptors (Lipinski definition) is 2. The normalized spacial score (nSPS) is 17.8. The molecule has 0 bridgehead atoms. The molecule has 1 unspecified atom stereocenters. The Kier molecular flexibility index (Phi) is 3.04. The lowest BCUT2D eigenvalue weighted by Gasteiger charge is -2.22. The Morgan fingerprint density at radius 3 is 2.75 bits per heavy atom. The molecule has 2 heterocycles. The maximum absolute atomic E-state index is 13.0. The molecule has 0 spiro atoms. The summed E-state index contributed by atoms with van der Waals surface area (Å²) in [6.07, 6.45) is 1.69. The van der Waals surface area contributed by atoms with E-state index in [1.54, 1.807) is 12.1 Å². The van der Waals surface area contributed by atoms with Crippen molar-refractivity contribution >= 4 is 5.97 Å². The minimum Gasteiger partial charge on any atom is -0.476 e. The van der Waals surface area contributed by atoms with Gasteiger partial charge in [0.1, 0.15) is 11.6 Å². The molecule has 0 radical (unpaired) electrons. The van der Waals surface area contributed by atoms with Gasteiger partial charge in [0.2, 0.25) is 0 Å². The largest absolute Gasteiger partial charge is 0.476 e. The quantitative estimate of drug-likeness (QED) is 0.916. The lowest BCUT2D eigenvalue weighted by Crippen LogP contribution is -2.19. The maximum Gasteiger partial charge on any atom is 0.356 e. The van der Waals surface area contributed by atoms with Gasteiger partial charge >= 0.3 is 5.97 Å². The molecule has 1 aliphatic heterocycles. The van der Waals surface area contributed by atoms with Crippen molar-refractivity contribution in [1.29, 1.82) is 0 Å². The number of aromatic carboxylic acids is 1. The molecule has 1 aliphatic rings. The summed E-state index contributed by atoms with van der Waals surface area (Å²) in [6.45, 7) is 2.89. The van der Waals surface area contributed by atoms with Crippen LogP contribution in [0.15, 0.2) is 24.3 Å². The van der Waals surface area contributed by atoms with E-state index in [1.807, 2.05) is 4.57 Å². The molecule has 1 aromatic carbocycles. The second-order valence-electron chi connectivity index (χ2n) is 5.30. The fourth-order valence-corrected chi connectivity index (χ4v) is 2.71. The van der Waals surface area contributed by atoms with E-state index in [9.17, 15) is 14.3 Å². The number of hydrogen-bond donors (Lipinski definition) is 1. The van der Waals surface area contributed by atoms with Crippen LogP contribution in [-0.2, 0) is 13.0 Å². The van der Waals surface area contributed by atoms with Crippen molar-refractivity contribution < 1.29 is 14.3 Å². The number of fused-ring (bicyclic) bond motifs is 1. The van der Waals surface area contributed by atoms with Crippen LogP contribution in [0.1, 0.15) is 29.5 Å². The van der Waals surface area contributed by atoms with E-state index < -0.39 is 5.97 Å². The van der Waals surface area contributed by atoms with Crippen LogP contribution < -0.4 is 0 Å². The van der Waals surface area contributed by atoms with Gasteiger partial charge in [0, 0.05) is 12.1 Å². The monoisotopic (exact) mass is 274 g/mol. The van der Waals surface area contributed by atoms with Gasteiger partial charge < -0.3 is 9.67 Å². The summed E-state index contributed by atoms with van der Waals surface area (Å²) in [6, 6.07) is 6.00. The third-order valence-corrected chi connectivity index (χ3v) is 3.75. The fourth-order valence-electron chi connectivity index (χ4n) is 2.71. The molecule has 4 nitrogen and oxygen atoms in total. The van der Waals surface area contributed by atoms with Crippen molar-refractivity contribution in [1.82, 2.24) is 9.55 Å². The van der Waals surface area contributed by atoms with Crippen molar-refractivity contribution in [2.24, 2.45) is 5.92 Å². The van der Waals surface area contributed by atoms with Gasteiger partial charge in [-0.25, -0.2) is 14.2 Å². The van der Waals surface area contributed by atoms with Crippen LogP contribution in [0.4, 0.5) is 4.39 Å². The molecule has 0 saturated heterocycles. The van der Waals surface area contributed by atoms with E-state index in [4.69, 9.17) is 0 Å². The Hall–Kier alpha value is -2.17. The van der Waals surface area contributed by atoms with Crippen LogP contribution in [-0.4, -0.2) is 20.6 Å². The van der Waals surface area contributed by atoms with E-state index in [2.05, 4.69) is 11.9 Å². The van der Waals surface area contributed by atoms with Gasteiger partial charge in [-0.2, -0.15) is 0 Å². The van der Waals surface area contributed by atoms with Crippen LogP contribution in [0.25, 0.3) is 11.4 Å². The highest BCUT2D eigenvalue weighted by Gasteiger charge is 2.26. The Labute approximate surface area is 115 Å². The minimum atomic E-state index is -1.00. The third-order valence-electron chi connectivity index (χ3n) is 3.75. The fraction of sp³-hybridized carbons (Fsp3) is 0.333. The van der Waals surface area contributed by atoms with Crippen molar-refractivity contribution in [2.45, 2.75) is 26.3 Å². The number of carbonyl (C=O) groups is 1. The second kappa shape index (κ2) is 4.74. The highest BCUT2D eigenvalue weighted by molar-refractivity contribution is 5.88. The first-order valence-electron chi connectivity index (χ1n) is 6.65. The molecule has 0 amide bonds. The van der Waals surface area contributed by atoms with E-state index >= 15 is 0 Å². The van der Waals surface area contributed by atoms with Crippen LogP contribution in [0.2, 0.25) is 0 Å². The number of carboxylic acid groups (broad SMARTS) is 1. The molecular formula is C15H15FN2O2. The maximum atomic E-state index is 13.0.